The minimum atomic E-state index is -4.43. The van der Waals surface area contributed by atoms with Crippen molar-refractivity contribution in [3.05, 3.63) is 35.7 Å². The SMILES string of the molecule is N#Cc1n[nH]nc1-c1c[nH]c2ccc(C(F)(F)F)cc12. The van der Waals surface area contributed by atoms with Gasteiger partial charge >= 0.3 is 6.18 Å². The maximum absolute atomic E-state index is 12.7. The van der Waals surface area contributed by atoms with E-state index in [1.807, 2.05) is 6.07 Å². The molecule has 8 heteroatoms. The monoisotopic (exact) mass is 277 g/mol. The predicted octanol–water partition coefficient (Wildman–Crippen LogP) is 2.84. The fourth-order valence-corrected chi connectivity index (χ4v) is 1.99. The van der Waals surface area contributed by atoms with Crippen molar-refractivity contribution in [1.29, 1.82) is 5.26 Å². The summed E-state index contributed by atoms with van der Waals surface area (Å²) in [6.07, 6.45) is -2.92. The number of nitriles is 1. The van der Waals surface area contributed by atoms with Gasteiger partial charge in [0.2, 0.25) is 0 Å². The van der Waals surface area contributed by atoms with E-state index in [4.69, 9.17) is 5.26 Å². The van der Waals surface area contributed by atoms with E-state index >= 15 is 0 Å². The molecule has 0 aliphatic carbocycles. The van der Waals surface area contributed by atoms with E-state index in [-0.39, 0.29) is 11.4 Å². The summed E-state index contributed by atoms with van der Waals surface area (Å²) < 4.78 is 38.2. The van der Waals surface area contributed by atoms with Gasteiger partial charge in [0.05, 0.1) is 5.56 Å². The standard InChI is InChI=1S/C12H6F3N5/c13-12(14,15)6-1-2-9-7(3-6)8(5-17-9)11-10(4-16)18-20-19-11/h1-3,5,17H,(H,18,19,20). The first kappa shape index (κ1) is 12.2. The molecule has 0 amide bonds. The van der Waals surface area contributed by atoms with Crippen LogP contribution in [0.25, 0.3) is 22.2 Å². The highest BCUT2D eigenvalue weighted by Crippen LogP contribution is 2.35. The Morgan fingerprint density at radius 3 is 2.70 bits per heavy atom. The Kier molecular flexibility index (Phi) is 2.50. The number of benzene rings is 1. The Bertz CT molecular complexity index is 822. The molecule has 100 valence electrons. The van der Waals surface area contributed by atoms with E-state index in [1.165, 1.54) is 12.3 Å². The van der Waals surface area contributed by atoms with Crippen LogP contribution in [0.4, 0.5) is 13.2 Å². The number of rotatable bonds is 1. The average Bonchev–Trinajstić information content (AvgIpc) is 3.02. The fourth-order valence-electron chi connectivity index (χ4n) is 1.99. The second kappa shape index (κ2) is 4.09. The molecule has 0 aliphatic heterocycles. The van der Waals surface area contributed by atoms with Crippen molar-refractivity contribution in [2.24, 2.45) is 0 Å². The molecule has 0 bridgehead atoms. The number of H-pyrrole nitrogens is 2. The molecule has 0 saturated carbocycles. The number of halogens is 3. The number of aromatic amines is 2. The quantitative estimate of drug-likeness (QED) is 0.717. The minimum absolute atomic E-state index is 0.0308. The molecule has 3 aromatic rings. The zero-order valence-corrected chi connectivity index (χ0v) is 9.78. The third-order valence-electron chi connectivity index (χ3n) is 2.92. The molecule has 0 radical (unpaired) electrons. The molecule has 2 heterocycles. The summed E-state index contributed by atoms with van der Waals surface area (Å²) in [7, 11) is 0. The molecular weight excluding hydrogens is 271 g/mol. The summed E-state index contributed by atoms with van der Waals surface area (Å²) in [5.41, 5.74) is 0.422. The molecule has 3 rings (SSSR count). The van der Waals surface area contributed by atoms with E-state index in [1.54, 1.807) is 0 Å². The molecule has 0 fully saturated rings. The van der Waals surface area contributed by atoms with Gasteiger partial charge in [0.1, 0.15) is 11.8 Å². The summed E-state index contributed by atoms with van der Waals surface area (Å²) in [5.74, 6) is 0. The summed E-state index contributed by atoms with van der Waals surface area (Å²) >= 11 is 0. The minimum Gasteiger partial charge on any atom is -0.360 e. The van der Waals surface area contributed by atoms with Gasteiger partial charge < -0.3 is 4.98 Å². The molecule has 0 atom stereocenters. The number of nitrogens with one attached hydrogen (secondary N) is 2. The van der Waals surface area contributed by atoms with Crippen LogP contribution in [-0.2, 0) is 6.18 Å². The van der Waals surface area contributed by atoms with E-state index in [9.17, 15) is 13.2 Å². The molecule has 1 aromatic carbocycles. The second-order valence-electron chi connectivity index (χ2n) is 4.09. The second-order valence-corrected chi connectivity index (χ2v) is 4.09. The summed E-state index contributed by atoms with van der Waals surface area (Å²) in [6, 6.07) is 5.19. The van der Waals surface area contributed by atoms with Crippen molar-refractivity contribution in [2.45, 2.75) is 6.18 Å². The summed E-state index contributed by atoms with van der Waals surface area (Å²) in [4.78, 5) is 2.85. The zero-order chi connectivity index (χ0) is 14.3. The van der Waals surface area contributed by atoms with Crippen LogP contribution < -0.4 is 0 Å². The van der Waals surface area contributed by atoms with Crippen LogP contribution in [0.15, 0.2) is 24.4 Å². The van der Waals surface area contributed by atoms with Gasteiger partial charge in [0.25, 0.3) is 0 Å². The third kappa shape index (κ3) is 1.80. The number of hydrogen-bond acceptors (Lipinski definition) is 3. The predicted molar refractivity (Wildman–Crippen MR) is 63.4 cm³/mol. The number of alkyl halides is 3. The van der Waals surface area contributed by atoms with Crippen LogP contribution in [0.2, 0.25) is 0 Å². The first-order valence-corrected chi connectivity index (χ1v) is 5.50. The van der Waals surface area contributed by atoms with Gasteiger partial charge in [-0.05, 0) is 18.2 Å². The molecule has 2 aromatic heterocycles. The van der Waals surface area contributed by atoms with E-state index in [0.29, 0.717) is 16.5 Å². The van der Waals surface area contributed by atoms with Crippen LogP contribution in [0.1, 0.15) is 11.3 Å². The van der Waals surface area contributed by atoms with Crippen molar-refractivity contribution in [2.75, 3.05) is 0 Å². The lowest BCUT2D eigenvalue weighted by Crippen LogP contribution is -2.04. The Morgan fingerprint density at radius 2 is 2.00 bits per heavy atom. The number of nitrogens with zero attached hydrogens (tertiary/aromatic N) is 3. The Morgan fingerprint density at radius 1 is 1.20 bits per heavy atom. The molecule has 0 spiro atoms. The van der Waals surface area contributed by atoms with Crippen molar-refractivity contribution >= 4 is 10.9 Å². The zero-order valence-electron chi connectivity index (χ0n) is 9.78. The van der Waals surface area contributed by atoms with E-state index < -0.39 is 11.7 Å². The maximum Gasteiger partial charge on any atom is 0.416 e. The van der Waals surface area contributed by atoms with Crippen LogP contribution in [0.3, 0.4) is 0 Å². The van der Waals surface area contributed by atoms with Crippen LogP contribution >= 0.6 is 0 Å². The normalized spacial score (nSPS) is 11.7. The molecule has 20 heavy (non-hydrogen) atoms. The van der Waals surface area contributed by atoms with Crippen LogP contribution in [-0.4, -0.2) is 20.4 Å². The Hall–Kier alpha value is -2.82. The van der Waals surface area contributed by atoms with Gasteiger partial charge in [0.15, 0.2) is 5.69 Å². The van der Waals surface area contributed by atoms with Crippen LogP contribution in [0.5, 0.6) is 0 Å². The smallest absolute Gasteiger partial charge is 0.360 e. The molecular formula is C12H6F3N5. The van der Waals surface area contributed by atoms with Gasteiger partial charge in [0, 0.05) is 22.7 Å². The van der Waals surface area contributed by atoms with Crippen molar-refractivity contribution < 1.29 is 13.2 Å². The fraction of sp³-hybridized carbons (Fsp3) is 0.0833. The first-order valence-electron chi connectivity index (χ1n) is 5.50. The third-order valence-corrected chi connectivity index (χ3v) is 2.92. The van der Waals surface area contributed by atoms with Crippen molar-refractivity contribution in [3.63, 3.8) is 0 Å². The lowest BCUT2D eigenvalue weighted by Gasteiger charge is -2.06. The van der Waals surface area contributed by atoms with Gasteiger partial charge in [-0.3, -0.25) is 0 Å². The lowest BCUT2D eigenvalue weighted by atomic mass is 10.1. The average molecular weight is 277 g/mol. The molecule has 0 unspecified atom stereocenters. The highest BCUT2D eigenvalue weighted by atomic mass is 19.4. The van der Waals surface area contributed by atoms with Crippen molar-refractivity contribution in [1.82, 2.24) is 20.4 Å². The van der Waals surface area contributed by atoms with Crippen molar-refractivity contribution in [3.8, 4) is 17.3 Å². The maximum atomic E-state index is 12.7. The van der Waals surface area contributed by atoms with Gasteiger partial charge in [-0.25, -0.2) is 0 Å². The van der Waals surface area contributed by atoms with E-state index in [2.05, 4.69) is 20.4 Å². The van der Waals surface area contributed by atoms with E-state index in [0.717, 1.165) is 12.1 Å². The van der Waals surface area contributed by atoms with Crippen LogP contribution in [0, 0.1) is 11.3 Å². The number of hydrogen-bond donors (Lipinski definition) is 2. The lowest BCUT2D eigenvalue weighted by molar-refractivity contribution is -0.137. The van der Waals surface area contributed by atoms with Gasteiger partial charge in [-0.15, -0.1) is 5.10 Å². The molecule has 0 saturated heterocycles. The summed E-state index contributed by atoms with van der Waals surface area (Å²) in [5, 5.41) is 19.0. The largest absolute Gasteiger partial charge is 0.416 e. The topological polar surface area (TPSA) is 81.2 Å². The molecule has 2 N–H and O–H groups in total. The highest BCUT2D eigenvalue weighted by molar-refractivity contribution is 5.95. The molecule has 0 aliphatic rings. The Labute approximate surface area is 110 Å². The number of aromatic nitrogens is 4. The summed E-state index contributed by atoms with van der Waals surface area (Å²) in [6.45, 7) is 0. The van der Waals surface area contributed by atoms with Gasteiger partial charge in [-0.2, -0.15) is 28.7 Å². The molecule has 5 nitrogen and oxygen atoms in total. The first-order chi connectivity index (χ1) is 9.50. The highest BCUT2D eigenvalue weighted by Gasteiger charge is 2.31. The number of fused-ring (bicyclic) bond motifs is 1. The van der Waals surface area contributed by atoms with Gasteiger partial charge in [-0.1, -0.05) is 0 Å². The Balaban J connectivity index is 2.25.